The third-order valence-corrected chi connectivity index (χ3v) is 3.21. The van der Waals surface area contributed by atoms with Crippen LogP contribution in [0.5, 0.6) is 0 Å². The number of hydrogen-bond acceptors (Lipinski definition) is 3. The molecule has 1 aliphatic rings. The van der Waals surface area contributed by atoms with Gasteiger partial charge in [-0.25, -0.2) is 0 Å². The molecule has 1 saturated heterocycles. The van der Waals surface area contributed by atoms with Gasteiger partial charge in [0.25, 0.3) is 0 Å². The van der Waals surface area contributed by atoms with Crippen molar-refractivity contribution in [2.24, 2.45) is 5.92 Å². The van der Waals surface area contributed by atoms with Crippen molar-refractivity contribution in [1.82, 2.24) is 5.32 Å². The van der Waals surface area contributed by atoms with Crippen molar-refractivity contribution in [3.8, 4) is 0 Å². The molecule has 4 heteroatoms. The summed E-state index contributed by atoms with van der Waals surface area (Å²) in [5.74, 6) is 1.83. The summed E-state index contributed by atoms with van der Waals surface area (Å²) in [5.41, 5.74) is 1.05. The van der Waals surface area contributed by atoms with Gasteiger partial charge in [-0.1, -0.05) is 0 Å². The average Bonchev–Trinajstić information content (AvgIpc) is 2.87. The summed E-state index contributed by atoms with van der Waals surface area (Å²) >= 11 is 0. The zero-order valence-corrected chi connectivity index (χ0v) is 10.6. The fourth-order valence-electron chi connectivity index (χ4n) is 2.23. The van der Waals surface area contributed by atoms with Gasteiger partial charge >= 0.3 is 0 Å². The maximum absolute atomic E-state index is 11.9. The number of carbonyl (C=O) groups is 1. The third-order valence-electron chi connectivity index (χ3n) is 3.21. The molecule has 1 fully saturated rings. The van der Waals surface area contributed by atoms with E-state index in [9.17, 15) is 4.79 Å². The second kappa shape index (κ2) is 4.92. The van der Waals surface area contributed by atoms with Crippen molar-refractivity contribution in [1.29, 1.82) is 0 Å². The van der Waals surface area contributed by atoms with Gasteiger partial charge in [0.15, 0.2) is 0 Å². The molecular formula is C13H19NO3. The number of aryl methyl sites for hydroxylation is 2. The third kappa shape index (κ3) is 2.69. The van der Waals surface area contributed by atoms with Gasteiger partial charge < -0.3 is 14.5 Å². The molecule has 0 bridgehead atoms. The maximum atomic E-state index is 11.9. The van der Waals surface area contributed by atoms with E-state index in [-0.39, 0.29) is 17.9 Å². The average molecular weight is 237 g/mol. The molecule has 0 aliphatic carbocycles. The monoisotopic (exact) mass is 237 g/mol. The van der Waals surface area contributed by atoms with Crippen LogP contribution in [0.4, 0.5) is 0 Å². The number of amides is 1. The molecular weight excluding hydrogens is 218 g/mol. The first-order valence-corrected chi connectivity index (χ1v) is 6.03. The lowest BCUT2D eigenvalue weighted by atomic mass is 10.1. The van der Waals surface area contributed by atoms with Crippen LogP contribution in [-0.2, 0) is 9.53 Å². The normalized spacial score (nSPS) is 21.5. The summed E-state index contributed by atoms with van der Waals surface area (Å²) in [5, 5.41) is 3.01. The van der Waals surface area contributed by atoms with Crippen LogP contribution in [0.3, 0.4) is 0 Å². The minimum absolute atomic E-state index is 0.00533. The van der Waals surface area contributed by atoms with Crippen molar-refractivity contribution in [3.63, 3.8) is 0 Å². The van der Waals surface area contributed by atoms with Crippen molar-refractivity contribution < 1.29 is 13.9 Å². The lowest BCUT2D eigenvalue weighted by Crippen LogP contribution is -2.33. The van der Waals surface area contributed by atoms with Gasteiger partial charge in [-0.2, -0.15) is 0 Å². The van der Waals surface area contributed by atoms with E-state index in [4.69, 9.17) is 9.15 Å². The largest absolute Gasteiger partial charge is 0.466 e. The maximum Gasteiger partial charge on any atom is 0.226 e. The number of furan rings is 1. The van der Waals surface area contributed by atoms with Crippen LogP contribution in [0.2, 0.25) is 0 Å². The lowest BCUT2D eigenvalue weighted by Gasteiger charge is -2.15. The van der Waals surface area contributed by atoms with Crippen LogP contribution >= 0.6 is 0 Å². The van der Waals surface area contributed by atoms with E-state index in [1.54, 1.807) is 0 Å². The Kier molecular flexibility index (Phi) is 3.52. The molecule has 17 heavy (non-hydrogen) atoms. The Hall–Kier alpha value is -1.29. The molecule has 0 radical (unpaired) electrons. The fraction of sp³-hybridized carbons (Fsp3) is 0.615. The van der Waals surface area contributed by atoms with Crippen molar-refractivity contribution in [2.75, 3.05) is 13.2 Å². The van der Waals surface area contributed by atoms with Crippen molar-refractivity contribution in [2.45, 2.75) is 33.2 Å². The first-order valence-electron chi connectivity index (χ1n) is 6.03. The van der Waals surface area contributed by atoms with E-state index in [0.717, 1.165) is 23.5 Å². The number of hydrogen-bond donors (Lipinski definition) is 1. The molecule has 0 saturated carbocycles. The van der Waals surface area contributed by atoms with Gasteiger partial charge in [-0.15, -0.1) is 0 Å². The second-order valence-electron chi connectivity index (χ2n) is 4.66. The SMILES string of the molecule is Cc1cc(C(C)NC(=O)C2CCOC2)c(C)o1. The van der Waals surface area contributed by atoms with E-state index >= 15 is 0 Å². The van der Waals surface area contributed by atoms with E-state index < -0.39 is 0 Å². The van der Waals surface area contributed by atoms with Crippen molar-refractivity contribution in [3.05, 3.63) is 23.2 Å². The minimum Gasteiger partial charge on any atom is -0.466 e. The molecule has 2 heterocycles. The van der Waals surface area contributed by atoms with Gasteiger partial charge in [0.05, 0.1) is 18.6 Å². The van der Waals surface area contributed by atoms with Crippen LogP contribution in [0, 0.1) is 19.8 Å². The van der Waals surface area contributed by atoms with E-state index in [1.807, 2.05) is 26.8 Å². The number of rotatable bonds is 3. The number of carbonyl (C=O) groups excluding carboxylic acids is 1. The molecule has 0 spiro atoms. The predicted octanol–water partition coefficient (Wildman–Crippen LogP) is 2.11. The highest BCUT2D eigenvalue weighted by Crippen LogP contribution is 2.22. The summed E-state index contributed by atoms with van der Waals surface area (Å²) in [7, 11) is 0. The molecule has 2 rings (SSSR count). The lowest BCUT2D eigenvalue weighted by molar-refractivity contribution is -0.125. The number of nitrogens with one attached hydrogen (secondary N) is 1. The van der Waals surface area contributed by atoms with Crippen LogP contribution in [-0.4, -0.2) is 19.1 Å². The highest BCUT2D eigenvalue weighted by atomic mass is 16.5. The van der Waals surface area contributed by atoms with Gasteiger partial charge in [-0.05, 0) is 33.3 Å². The molecule has 0 aromatic carbocycles. The van der Waals surface area contributed by atoms with E-state index in [0.29, 0.717) is 13.2 Å². The van der Waals surface area contributed by atoms with Gasteiger partial charge in [0.2, 0.25) is 5.91 Å². The van der Waals surface area contributed by atoms with Gasteiger partial charge in [0.1, 0.15) is 11.5 Å². The molecule has 2 unspecified atom stereocenters. The van der Waals surface area contributed by atoms with Crippen LogP contribution < -0.4 is 5.32 Å². The summed E-state index contributed by atoms with van der Waals surface area (Å²) in [6, 6.07) is 1.96. The highest BCUT2D eigenvalue weighted by Gasteiger charge is 2.25. The quantitative estimate of drug-likeness (QED) is 0.876. The van der Waals surface area contributed by atoms with E-state index in [2.05, 4.69) is 5.32 Å². The van der Waals surface area contributed by atoms with Gasteiger partial charge in [-0.3, -0.25) is 4.79 Å². The molecule has 2 atom stereocenters. The summed E-state index contributed by atoms with van der Waals surface area (Å²) < 4.78 is 10.7. The fourth-order valence-corrected chi connectivity index (χ4v) is 2.23. The Morgan fingerprint density at radius 2 is 2.29 bits per heavy atom. The molecule has 1 aromatic rings. The Morgan fingerprint density at radius 3 is 2.82 bits per heavy atom. The molecule has 4 nitrogen and oxygen atoms in total. The molecule has 1 aromatic heterocycles. The standard InChI is InChI=1S/C13H19NO3/c1-8-6-12(10(3)17-8)9(2)14-13(15)11-4-5-16-7-11/h6,9,11H,4-5,7H2,1-3H3,(H,14,15). The van der Waals surface area contributed by atoms with Crippen LogP contribution in [0.1, 0.15) is 36.5 Å². The summed E-state index contributed by atoms with van der Waals surface area (Å²) in [6.07, 6.45) is 0.821. The second-order valence-corrected chi connectivity index (χ2v) is 4.66. The minimum atomic E-state index is -0.0134. The summed E-state index contributed by atoms with van der Waals surface area (Å²) in [6.45, 7) is 7.04. The molecule has 94 valence electrons. The molecule has 1 aliphatic heterocycles. The highest BCUT2D eigenvalue weighted by molar-refractivity contribution is 5.79. The topological polar surface area (TPSA) is 51.5 Å². The van der Waals surface area contributed by atoms with E-state index in [1.165, 1.54) is 0 Å². The number of ether oxygens (including phenoxy) is 1. The molecule has 1 amide bonds. The van der Waals surface area contributed by atoms with Gasteiger partial charge in [0, 0.05) is 12.2 Å². The predicted molar refractivity (Wildman–Crippen MR) is 63.7 cm³/mol. The molecule has 1 N–H and O–H groups in total. The zero-order valence-electron chi connectivity index (χ0n) is 10.6. The van der Waals surface area contributed by atoms with Crippen molar-refractivity contribution >= 4 is 5.91 Å². The zero-order chi connectivity index (χ0) is 12.4. The van der Waals surface area contributed by atoms with Crippen LogP contribution in [0.25, 0.3) is 0 Å². The Labute approximate surface area is 101 Å². The smallest absolute Gasteiger partial charge is 0.226 e. The Bertz CT molecular complexity index is 405. The first kappa shape index (κ1) is 12.2. The Morgan fingerprint density at radius 1 is 1.53 bits per heavy atom. The summed E-state index contributed by atoms with van der Waals surface area (Å²) in [4.78, 5) is 11.9. The first-order chi connectivity index (χ1) is 8.08. The van der Waals surface area contributed by atoms with Crippen LogP contribution in [0.15, 0.2) is 10.5 Å². The Balaban J connectivity index is 1.98.